The Morgan fingerprint density at radius 2 is 2.11 bits per heavy atom. The van der Waals surface area contributed by atoms with Crippen LogP contribution in [0.3, 0.4) is 0 Å². The molecule has 0 spiro atoms. The molecule has 19 heavy (non-hydrogen) atoms. The van der Waals surface area contributed by atoms with Crippen LogP contribution in [0.15, 0.2) is 18.2 Å². The summed E-state index contributed by atoms with van der Waals surface area (Å²) in [5.74, 6) is -1.27. The van der Waals surface area contributed by atoms with E-state index in [0.717, 1.165) is 31.6 Å². The Morgan fingerprint density at radius 1 is 1.32 bits per heavy atom. The Balaban J connectivity index is 2.25. The summed E-state index contributed by atoms with van der Waals surface area (Å²) in [5, 5.41) is 3.38. The van der Waals surface area contributed by atoms with Gasteiger partial charge in [-0.05, 0) is 37.1 Å². The molecule has 3 atom stereocenters. The van der Waals surface area contributed by atoms with Crippen molar-refractivity contribution in [1.82, 2.24) is 5.32 Å². The van der Waals surface area contributed by atoms with E-state index in [-0.39, 0.29) is 12.1 Å². The third-order valence-electron chi connectivity index (χ3n) is 3.82. The molecule has 106 valence electrons. The quantitative estimate of drug-likeness (QED) is 0.884. The highest BCUT2D eigenvalue weighted by molar-refractivity contribution is 5.22. The minimum atomic E-state index is -0.797. The molecule has 0 amide bonds. The Hall–Kier alpha value is -1.00. The van der Waals surface area contributed by atoms with Crippen LogP contribution in [-0.4, -0.2) is 19.3 Å². The van der Waals surface area contributed by atoms with Gasteiger partial charge in [0.15, 0.2) is 11.6 Å². The van der Waals surface area contributed by atoms with E-state index >= 15 is 0 Å². The Kier molecular flexibility index (Phi) is 4.88. The third kappa shape index (κ3) is 3.12. The van der Waals surface area contributed by atoms with Gasteiger partial charge in [0.1, 0.15) is 0 Å². The second-order valence-corrected chi connectivity index (χ2v) is 4.98. The van der Waals surface area contributed by atoms with E-state index in [1.807, 2.05) is 6.92 Å². The average molecular weight is 269 g/mol. The van der Waals surface area contributed by atoms with Crippen molar-refractivity contribution in [3.63, 3.8) is 0 Å². The molecule has 2 nitrogen and oxygen atoms in total. The van der Waals surface area contributed by atoms with Crippen molar-refractivity contribution < 1.29 is 13.5 Å². The van der Waals surface area contributed by atoms with Crippen LogP contribution in [0.2, 0.25) is 0 Å². The topological polar surface area (TPSA) is 21.3 Å². The van der Waals surface area contributed by atoms with Crippen LogP contribution in [0.4, 0.5) is 8.78 Å². The van der Waals surface area contributed by atoms with Gasteiger partial charge in [0.25, 0.3) is 0 Å². The first-order valence-electron chi connectivity index (χ1n) is 6.97. The van der Waals surface area contributed by atoms with Crippen molar-refractivity contribution in [2.45, 2.75) is 38.8 Å². The molecule has 0 saturated carbocycles. The Morgan fingerprint density at radius 3 is 2.74 bits per heavy atom. The van der Waals surface area contributed by atoms with Crippen molar-refractivity contribution in [2.24, 2.45) is 5.92 Å². The van der Waals surface area contributed by atoms with E-state index in [1.165, 1.54) is 12.1 Å². The summed E-state index contributed by atoms with van der Waals surface area (Å²) in [5.41, 5.74) is 0.801. The highest BCUT2D eigenvalue weighted by Crippen LogP contribution is 2.35. The largest absolute Gasteiger partial charge is 0.378 e. The van der Waals surface area contributed by atoms with Gasteiger partial charge >= 0.3 is 0 Å². The normalized spacial score (nSPS) is 24.6. The lowest BCUT2D eigenvalue weighted by atomic mass is 9.86. The summed E-state index contributed by atoms with van der Waals surface area (Å²) in [6, 6.07) is 4.18. The van der Waals surface area contributed by atoms with Crippen molar-refractivity contribution in [3.05, 3.63) is 35.4 Å². The van der Waals surface area contributed by atoms with E-state index < -0.39 is 11.6 Å². The van der Waals surface area contributed by atoms with Crippen LogP contribution in [0.5, 0.6) is 0 Å². The molecule has 1 aromatic rings. The summed E-state index contributed by atoms with van der Waals surface area (Å²) >= 11 is 0. The first-order chi connectivity index (χ1) is 9.17. The van der Waals surface area contributed by atoms with Crippen molar-refractivity contribution >= 4 is 0 Å². The second-order valence-electron chi connectivity index (χ2n) is 4.98. The number of hydrogen-bond acceptors (Lipinski definition) is 2. The maximum absolute atomic E-state index is 13.4. The van der Waals surface area contributed by atoms with Crippen LogP contribution in [0.25, 0.3) is 0 Å². The maximum Gasteiger partial charge on any atom is 0.159 e. The molecule has 0 aliphatic carbocycles. The Labute approximate surface area is 113 Å². The first-order valence-corrected chi connectivity index (χ1v) is 6.97. The van der Waals surface area contributed by atoms with Gasteiger partial charge in [-0.25, -0.2) is 8.78 Å². The number of rotatable bonds is 5. The van der Waals surface area contributed by atoms with E-state index in [4.69, 9.17) is 4.74 Å². The van der Waals surface area contributed by atoms with Crippen LogP contribution < -0.4 is 5.32 Å². The van der Waals surface area contributed by atoms with Crippen LogP contribution >= 0.6 is 0 Å². The van der Waals surface area contributed by atoms with Gasteiger partial charge in [-0.2, -0.15) is 0 Å². The fraction of sp³-hybridized carbons (Fsp3) is 0.600. The minimum absolute atomic E-state index is 0.0209. The predicted octanol–water partition coefficient (Wildman–Crippen LogP) is 3.43. The highest BCUT2D eigenvalue weighted by Gasteiger charge is 2.34. The lowest BCUT2D eigenvalue weighted by Gasteiger charge is -2.28. The molecular formula is C15H21F2NO. The molecule has 1 aromatic carbocycles. The number of nitrogens with one attached hydrogen (secondary N) is 1. The SMILES string of the molecule is CCNC(c1ccc(F)c(F)c1)C1CCOC1CC. The molecule has 3 unspecified atom stereocenters. The zero-order valence-corrected chi connectivity index (χ0v) is 11.5. The molecule has 1 aliphatic rings. The van der Waals surface area contributed by atoms with Crippen molar-refractivity contribution in [3.8, 4) is 0 Å². The second kappa shape index (κ2) is 6.44. The van der Waals surface area contributed by atoms with Crippen molar-refractivity contribution in [1.29, 1.82) is 0 Å². The summed E-state index contributed by atoms with van der Waals surface area (Å²) in [6.45, 7) is 5.65. The molecule has 2 rings (SSSR count). The molecule has 1 N–H and O–H groups in total. The highest BCUT2D eigenvalue weighted by atomic mass is 19.2. The van der Waals surface area contributed by atoms with Crippen molar-refractivity contribution in [2.75, 3.05) is 13.2 Å². The number of halogens is 2. The standard InChI is InChI=1S/C15H21F2NO/c1-3-14-11(7-8-19-14)15(18-4-2)10-5-6-12(16)13(17)9-10/h5-6,9,11,14-15,18H,3-4,7-8H2,1-2H3. The summed E-state index contributed by atoms with van der Waals surface area (Å²) < 4.78 is 32.2. The number of hydrogen-bond donors (Lipinski definition) is 1. The average Bonchev–Trinajstić information content (AvgIpc) is 2.87. The monoisotopic (exact) mass is 269 g/mol. The molecule has 1 heterocycles. The predicted molar refractivity (Wildman–Crippen MR) is 70.9 cm³/mol. The van der Waals surface area contributed by atoms with Gasteiger partial charge < -0.3 is 10.1 Å². The Bertz CT molecular complexity index is 425. The maximum atomic E-state index is 13.4. The fourth-order valence-corrected chi connectivity index (χ4v) is 2.91. The summed E-state index contributed by atoms with van der Waals surface area (Å²) in [4.78, 5) is 0. The number of benzene rings is 1. The van der Waals surface area contributed by atoms with Gasteiger partial charge in [-0.15, -0.1) is 0 Å². The molecule has 1 aliphatic heterocycles. The van der Waals surface area contributed by atoms with Gasteiger partial charge in [0.2, 0.25) is 0 Å². The first kappa shape index (κ1) is 14.4. The van der Waals surface area contributed by atoms with E-state index in [9.17, 15) is 8.78 Å². The molecule has 4 heteroatoms. The zero-order valence-electron chi connectivity index (χ0n) is 11.5. The third-order valence-corrected chi connectivity index (χ3v) is 3.82. The van der Waals surface area contributed by atoms with Crippen LogP contribution in [-0.2, 0) is 4.74 Å². The molecule has 0 aromatic heterocycles. The smallest absolute Gasteiger partial charge is 0.159 e. The van der Waals surface area contributed by atoms with E-state index in [1.54, 1.807) is 6.07 Å². The summed E-state index contributed by atoms with van der Waals surface area (Å²) in [7, 11) is 0. The van der Waals surface area contributed by atoms with Crippen LogP contribution in [0, 0.1) is 17.6 Å². The lowest BCUT2D eigenvalue weighted by molar-refractivity contribution is 0.0775. The van der Waals surface area contributed by atoms with Crippen LogP contribution in [0.1, 0.15) is 38.3 Å². The van der Waals surface area contributed by atoms with E-state index in [2.05, 4.69) is 12.2 Å². The zero-order chi connectivity index (χ0) is 13.8. The molecule has 1 saturated heterocycles. The molecular weight excluding hydrogens is 248 g/mol. The molecule has 1 fully saturated rings. The minimum Gasteiger partial charge on any atom is -0.378 e. The molecule has 0 bridgehead atoms. The van der Waals surface area contributed by atoms with Gasteiger partial charge in [0, 0.05) is 18.6 Å². The van der Waals surface area contributed by atoms with Gasteiger partial charge in [-0.3, -0.25) is 0 Å². The fourth-order valence-electron chi connectivity index (χ4n) is 2.91. The van der Waals surface area contributed by atoms with E-state index in [0.29, 0.717) is 5.92 Å². The van der Waals surface area contributed by atoms with Gasteiger partial charge in [-0.1, -0.05) is 19.9 Å². The summed E-state index contributed by atoms with van der Waals surface area (Å²) in [6.07, 6.45) is 2.09. The van der Waals surface area contributed by atoms with Gasteiger partial charge in [0.05, 0.1) is 6.10 Å². The number of ether oxygens (including phenoxy) is 1. The lowest BCUT2D eigenvalue weighted by Crippen LogP contribution is -2.32. The molecule has 0 radical (unpaired) electrons.